The van der Waals surface area contributed by atoms with Crippen molar-refractivity contribution in [3.8, 4) is 6.07 Å². The number of ether oxygens (including phenoxy) is 2. The molecule has 0 amide bonds. The Balaban J connectivity index is 1.55. The molecule has 5 rings (SSSR count). The summed E-state index contributed by atoms with van der Waals surface area (Å²) in [6, 6.07) is 14.4. The number of halogens is 1. The minimum Gasteiger partial charge on any atom is -0.348 e. The molecule has 1 spiro atoms. The van der Waals surface area contributed by atoms with E-state index in [1.807, 2.05) is 19.2 Å². The van der Waals surface area contributed by atoms with Crippen molar-refractivity contribution in [2.45, 2.75) is 74.9 Å². The number of carbonyl (C=O) groups excluding carboxylic acids is 1. The lowest BCUT2D eigenvalue weighted by atomic mass is 9.69. The predicted octanol–water partition coefficient (Wildman–Crippen LogP) is 6.78. The molecule has 3 aliphatic rings. The summed E-state index contributed by atoms with van der Waals surface area (Å²) in [4.78, 5) is 14.6. The quantitative estimate of drug-likeness (QED) is 0.430. The van der Waals surface area contributed by atoms with Crippen molar-refractivity contribution in [2.75, 3.05) is 25.2 Å². The third kappa shape index (κ3) is 4.48. The Morgan fingerprint density at radius 3 is 2.40 bits per heavy atom. The Morgan fingerprint density at radius 2 is 1.74 bits per heavy atom. The SMILES string of the molecule is CN(c1cc(C2CCC3(CC2)OCCO3)ccc1C1(C=O)CCCCC1)c1cccc(Cl)c1C#N. The second-order valence-corrected chi connectivity index (χ2v) is 10.7. The van der Waals surface area contributed by atoms with Crippen LogP contribution in [0.3, 0.4) is 0 Å². The van der Waals surface area contributed by atoms with E-state index in [2.05, 4.69) is 29.2 Å². The highest BCUT2D eigenvalue weighted by Gasteiger charge is 2.41. The first-order valence-corrected chi connectivity index (χ1v) is 13.2. The van der Waals surface area contributed by atoms with Crippen molar-refractivity contribution in [2.24, 2.45) is 0 Å². The highest BCUT2D eigenvalue weighted by molar-refractivity contribution is 6.32. The molecular formula is C29H33ClN2O3. The van der Waals surface area contributed by atoms with Crippen LogP contribution in [0.2, 0.25) is 5.02 Å². The normalized spacial score (nSPS) is 21.5. The van der Waals surface area contributed by atoms with E-state index in [4.69, 9.17) is 21.1 Å². The fourth-order valence-electron chi connectivity index (χ4n) is 6.34. The molecule has 184 valence electrons. The summed E-state index contributed by atoms with van der Waals surface area (Å²) < 4.78 is 11.9. The predicted molar refractivity (Wildman–Crippen MR) is 137 cm³/mol. The molecule has 1 aliphatic heterocycles. The maximum absolute atomic E-state index is 12.6. The van der Waals surface area contributed by atoms with Crippen molar-refractivity contribution in [1.29, 1.82) is 5.26 Å². The zero-order valence-corrected chi connectivity index (χ0v) is 21.2. The van der Waals surface area contributed by atoms with Crippen LogP contribution in [0, 0.1) is 11.3 Å². The van der Waals surface area contributed by atoms with Crippen molar-refractivity contribution < 1.29 is 14.3 Å². The molecule has 0 N–H and O–H groups in total. The minimum absolute atomic E-state index is 0.387. The topological polar surface area (TPSA) is 62.6 Å². The number of carbonyl (C=O) groups is 1. The van der Waals surface area contributed by atoms with E-state index in [0.29, 0.717) is 29.7 Å². The van der Waals surface area contributed by atoms with Gasteiger partial charge in [-0.1, -0.05) is 49.1 Å². The number of rotatable bonds is 5. The van der Waals surface area contributed by atoms with Crippen molar-refractivity contribution in [1.82, 2.24) is 0 Å². The standard InChI is InChI=1S/C29H33ClN2O3/c1-32(26-7-5-6-25(30)23(26)19-31)27-18-22(21-10-14-29(15-11-21)34-16-17-35-29)8-9-24(27)28(20-33)12-3-2-4-13-28/h5-9,18,20-21H,2-4,10-17H2,1H3. The minimum atomic E-state index is -0.492. The molecule has 0 aromatic heterocycles. The van der Waals surface area contributed by atoms with Crippen LogP contribution in [0.5, 0.6) is 0 Å². The number of nitriles is 1. The highest BCUT2D eigenvalue weighted by Crippen LogP contribution is 2.47. The molecule has 0 radical (unpaired) electrons. The smallest absolute Gasteiger partial charge is 0.168 e. The lowest BCUT2D eigenvalue weighted by Crippen LogP contribution is -2.35. The average Bonchev–Trinajstić information content (AvgIpc) is 3.36. The largest absolute Gasteiger partial charge is 0.348 e. The summed E-state index contributed by atoms with van der Waals surface area (Å²) in [5.74, 6) is 0.0188. The zero-order chi connectivity index (χ0) is 24.5. The van der Waals surface area contributed by atoms with Gasteiger partial charge in [0, 0.05) is 25.6 Å². The van der Waals surface area contributed by atoms with Gasteiger partial charge in [0.05, 0.1) is 34.9 Å². The van der Waals surface area contributed by atoms with Crippen LogP contribution >= 0.6 is 11.6 Å². The lowest BCUT2D eigenvalue weighted by Gasteiger charge is -2.38. The summed E-state index contributed by atoms with van der Waals surface area (Å²) >= 11 is 6.39. The van der Waals surface area contributed by atoms with Crippen LogP contribution in [-0.2, 0) is 19.7 Å². The van der Waals surface area contributed by atoms with Crippen LogP contribution in [0.4, 0.5) is 11.4 Å². The van der Waals surface area contributed by atoms with Gasteiger partial charge in [0.15, 0.2) is 5.79 Å². The molecule has 2 aliphatic carbocycles. The Kier molecular flexibility index (Phi) is 6.90. The van der Waals surface area contributed by atoms with Gasteiger partial charge in [0.25, 0.3) is 0 Å². The van der Waals surface area contributed by atoms with Gasteiger partial charge in [-0.2, -0.15) is 5.26 Å². The van der Waals surface area contributed by atoms with Crippen molar-refractivity contribution >= 4 is 29.3 Å². The summed E-state index contributed by atoms with van der Waals surface area (Å²) in [5, 5.41) is 10.3. The zero-order valence-electron chi connectivity index (χ0n) is 20.4. The Bertz CT molecular complexity index is 1120. The van der Waals surface area contributed by atoms with Crippen molar-refractivity contribution in [3.63, 3.8) is 0 Å². The molecule has 3 fully saturated rings. The Labute approximate surface area is 213 Å². The Morgan fingerprint density at radius 1 is 1.03 bits per heavy atom. The summed E-state index contributed by atoms with van der Waals surface area (Å²) in [5.41, 5.74) is 4.02. The number of anilines is 2. The van der Waals surface area contributed by atoms with E-state index in [1.54, 1.807) is 6.07 Å². The molecule has 0 bridgehead atoms. The van der Waals surface area contributed by atoms with Crippen LogP contribution in [0.15, 0.2) is 36.4 Å². The molecule has 2 aromatic carbocycles. The molecule has 35 heavy (non-hydrogen) atoms. The van der Waals surface area contributed by atoms with Gasteiger partial charge < -0.3 is 19.2 Å². The number of hydrogen-bond donors (Lipinski definition) is 0. The molecular weight excluding hydrogens is 460 g/mol. The second-order valence-electron chi connectivity index (χ2n) is 10.3. The van der Waals surface area contributed by atoms with Crippen molar-refractivity contribution in [3.05, 3.63) is 58.1 Å². The number of nitrogens with zero attached hydrogens (tertiary/aromatic N) is 2. The molecule has 1 heterocycles. The molecule has 5 nitrogen and oxygen atoms in total. The van der Waals surface area contributed by atoms with Crippen LogP contribution in [-0.4, -0.2) is 32.3 Å². The number of hydrogen-bond acceptors (Lipinski definition) is 5. The van der Waals surface area contributed by atoms with E-state index in [0.717, 1.165) is 68.3 Å². The van der Waals surface area contributed by atoms with Gasteiger partial charge in [-0.25, -0.2) is 0 Å². The van der Waals surface area contributed by atoms with Gasteiger partial charge >= 0.3 is 0 Å². The summed E-state index contributed by atoms with van der Waals surface area (Å²) in [6.07, 6.45) is 9.95. The summed E-state index contributed by atoms with van der Waals surface area (Å²) in [7, 11) is 1.98. The maximum Gasteiger partial charge on any atom is 0.168 e. The molecule has 2 aromatic rings. The Hall–Kier alpha value is -2.39. The van der Waals surface area contributed by atoms with E-state index in [1.165, 1.54) is 18.3 Å². The second kappa shape index (κ2) is 9.93. The molecule has 2 saturated carbocycles. The average molecular weight is 493 g/mol. The van der Waals surface area contributed by atoms with E-state index < -0.39 is 5.41 Å². The monoisotopic (exact) mass is 492 g/mol. The molecule has 0 atom stereocenters. The fraction of sp³-hybridized carbons (Fsp3) is 0.517. The van der Waals surface area contributed by atoms with Crippen LogP contribution in [0.25, 0.3) is 0 Å². The molecule has 6 heteroatoms. The van der Waals surface area contributed by atoms with E-state index >= 15 is 0 Å². The number of benzene rings is 2. The number of aldehydes is 1. The van der Waals surface area contributed by atoms with Crippen LogP contribution in [0.1, 0.15) is 80.4 Å². The van der Waals surface area contributed by atoms with E-state index in [9.17, 15) is 10.1 Å². The fourth-order valence-corrected chi connectivity index (χ4v) is 6.56. The van der Waals surface area contributed by atoms with Gasteiger partial charge in [0.1, 0.15) is 12.4 Å². The summed E-state index contributed by atoms with van der Waals surface area (Å²) in [6.45, 7) is 1.37. The third-order valence-corrected chi connectivity index (χ3v) is 8.70. The van der Waals surface area contributed by atoms with E-state index in [-0.39, 0.29) is 5.79 Å². The lowest BCUT2D eigenvalue weighted by molar-refractivity contribution is -0.178. The molecule has 0 unspecified atom stereocenters. The highest BCUT2D eigenvalue weighted by atomic mass is 35.5. The maximum atomic E-state index is 12.6. The first kappa shape index (κ1) is 24.3. The van der Waals surface area contributed by atoms with Gasteiger partial charge in [-0.05, 0) is 60.9 Å². The van der Waals surface area contributed by atoms with Gasteiger partial charge in [-0.3, -0.25) is 0 Å². The molecule has 1 saturated heterocycles. The van der Waals surface area contributed by atoms with Gasteiger partial charge in [0.2, 0.25) is 0 Å². The van der Waals surface area contributed by atoms with Crippen LogP contribution < -0.4 is 4.90 Å². The first-order valence-electron chi connectivity index (χ1n) is 12.8. The third-order valence-electron chi connectivity index (χ3n) is 8.39. The van der Waals surface area contributed by atoms with Gasteiger partial charge in [-0.15, -0.1) is 0 Å². The first-order chi connectivity index (χ1) is 17.0.